The standard InChI is InChI=1S/C55H106O6/c1-7-51(6)43-37-31-25-19-15-16-21-27-33-39-45-54(57)60-48-52(61-55(58)46-40-34-28-22-14-10-12-18-24-30-36-42-50(4)5)47-59-53(56)44-38-32-26-20-13-9-8-11-17-23-29-35-41-49(2)3/h49-52H,7-48H2,1-6H3/t51?,52-/m0/s1. The minimum atomic E-state index is -0.763. The van der Waals surface area contributed by atoms with Gasteiger partial charge >= 0.3 is 17.9 Å². The van der Waals surface area contributed by atoms with E-state index in [1.165, 1.54) is 180 Å². The van der Waals surface area contributed by atoms with E-state index in [4.69, 9.17) is 14.2 Å². The SMILES string of the molecule is CCC(C)CCCCCCCCCCCCC(=O)OC[C@H](COC(=O)CCCCCCCCCCCCCCC(C)C)OC(=O)CCCCCCCCCCCCCC(C)C. The maximum absolute atomic E-state index is 12.8. The van der Waals surface area contributed by atoms with Crippen molar-refractivity contribution in [3.05, 3.63) is 0 Å². The van der Waals surface area contributed by atoms with E-state index in [0.29, 0.717) is 19.3 Å². The zero-order valence-electron chi connectivity index (χ0n) is 42.0. The highest BCUT2D eigenvalue weighted by molar-refractivity contribution is 5.71. The summed E-state index contributed by atoms with van der Waals surface area (Å²) in [4.78, 5) is 38.0. The van der Waals surface area contributed by atoms with Crippen molar-refractivity contribution in [3.8, 4) is 0 Å². The average molecular weight is 863 g/mol. The molecule has 0 heterocycles. The molecule has 2 atom stereocenters. The molecular formula is C55H106O6. The van der Waals surface area contributed by atoms with Crippen molar-refractivity contribution in [2.45, 2.75) is 304 Å². The predicted octanol–water partition coefficient (Wildman–Crippen LogP) is 17.6. The normalized spacial score (nSPS) is 12.6. The fraction of sp³-hybridized carbons (Fsp3) is 0.945. The molecule has 0 aliphatic rings. The van der Waals surface area contributed by atoms with Crippen LogP contribution in [0, 0.1) is 17.8 Å². The van der Waals surface area contributed by atoms with E-state index in [0.717, 1.165) is 75.5 Å². The molecular weight excluding hydrogens is 757 g/mol. The Kier molecular flexibility index (Phi) is 45.2. The molecule has 0 fully saturated rings. The Morgan fingerprint density at radius 1 is 0.328 bits per heavy atom. The lowest BCUT2D eigenvalue weighted by Crippen LogP contribution is -2.30. The highest BCUT2D eigenvalue weighted by atomic mass is 16.6. The topological polar surface area (TPSA) is 78.9 Å². The maximum Gasteiger partial charge on any atom is 0.306 e. The minimum absolute atomic E-state index is 0.0643. The summed E-state index contributed by atoms with van der Waals surface area (Å²) in [6.45, 7) is 13.8. The maximum atomic E-state index is 12.8. The summed E-state index contributed by atoms with van der Waals surface area (Å²) in [7, 11) is 0. The van der Waals surface area contributed by atoms with Crippen LogP contribution in [0.1, 0.15) is 298 Å². The molecule has 0 spiro atoms. The number of carbonyl (C=O) groups is 3. The van der Waals surface area contributed by atoms with Gasteiger partial charge in [0.15, 0.2) is 6.10 Å². The fourth-order valence-electron chi connectivity index (χ4n) is 8.26. The van der Waals surface area contributed by atoms with Gasteiger partial charge in [-0.3, -0.25) is 14.4 Å². The molecule has 0 aliphatic heterocycles. The first-order valence-corrected chi connectivity index (χ1v) is 27.1. The van der Waals surface area contributed by atoms with E-state index >= 15 is 0 Å². The van der Waals surface area contributed by atoms with Crippen LogP contribution < -0.4 is 0 Å². The van der Waals surface area contributed by atoms with Crippen LogP contribution in [0.5, 0.6) is 0 Å². The van der Waals surface area contributed by atoms with E-state index < -0.39 is 6.10 Å². The first-order chi connectivity index (χ1) is 29.6. The Morgan fingerprint density at radius 3 is 0.852 bits per heavy atom. The van der Waals surface area contributed by atoms with Gasteiger partial charge in [0.1, 0.15) is 13.2 Å². The molecule has 0 amide bonds. The number of unbranched alkanes of at least 4 members (excludes halogenated alkanes) is 30. The Bertz CT molecular complexity index is 947. The summed E-state index contributed by atoms with van der Waals surface area (Å²) in [5, 5.41) is 0. The molecule has 0 aliphatic carbocycles. The third-order valence-electron chi connectivity index (χ3n) is 12.8. The first-order valence-electron chi connectivity index (χ1n) is 27.1. The molecule has 6 nitrogen and oxygen atoms in total. The number of ether oxygens (including phenoxy) is 3. The molecule has 0 aromatic rings. The zero-order chi connectivity index (χ0) is 44.9. The lowest BCUT2D eigenvalue weighted by Gasteiger charge is -2.18. The Hall–Kier alpha value is -1.59. The third-order valence-corrected chi connectivity index (χ3v) is 12.8. The molecule has 0 N–H and O–H groups in total. The summed E-state index contributed by atoms with van der Waals surface area (Å²) >= 11 is 0. The summed E-state index contributed by atoms with van der Waals surface area (Å²) in [6.07, 6.45) is 46.5. The molecule has 6 heteroatoms. The van der Waals surface area contributed by atoms with E-state index in [9.17, 15) is 14.4 Å². The smallest absolute Gasteiger partial charge is 0.306 e. The van der Waals surface area contributed by atoms with Gasteiger partial charge in [-0.15, -0.1) is 0 Å². The molecule has 1 unspecified atom stereocenters. The highest BCUT2D eigenvalue weighted by Crippen LogP contribution is 2.18. The minimum Gasteiger partial charge on any atom is -0.462 e. The van der Waals surface area contributed by atoms with Gasteiger partial charge in [0.2, 0.25) is 0 Å². The van der Waals surface area contributed by atoms with Crippen molar-refractivity contribution in [1.29, 1.82) is 0 Å². The Balaban J connectivity index is 4.33. The van der Waals surface area contributed by atoms with Gasteiger partial charge in [-0.05, 0) is 37.0 Å². The number of rotatable bonds is 48. The van der Waals surface area contributed by atoms with Crippen molar-refractivity contribution < 1.29 is 28.6 Å². The van der Waals surface area contributed by atoms with Gasteiger partial charge in [0, 0.05) is 19.3 Å². The van der Waals surface area contributed by atoms with Crippen LogP contribution in [0.3, 0.4) is 0 Å². The summed E-state index contributed by atoms with van der Waals surface area (Å²) in [5.41, 5.74) is 0. The third kappa shape index (κ3) is 47.7. The van der Waals surface area contributed by atoms with Gasteiger partial charge in [-0.1, -0.05) is 260 Å². The number of carbonyl (C=O) groups excluding carboxylic acids is 3. The molecule has 61 heavy (non-hydrogen) atoms. The molecule has 0 saturated carbocycles. The number of hydrogen-bond acceptors (Lipinski definition) is 6. The van der Waals surface area contributed by atoms with E-state index in [1.807, 2.05) is 0 Å². The summed E-state index contributed by atoms with van der Waals surface area (Å²) in [5.74, 6) is 1.68. The Labute approximate surface area is 380 Å². The largest absolute Gasteiger partial charge is 0.462 e. The van der Waals surface area contributed by atoms with Gasteiger partial charge < -0.3 is 14.2 Å². The van der Waals surface area contributed by atoms with Crippen LogP contribution >= 0.6 is 0 Å². The lowest BCUT2D eigenvalue weighted by atomic mass is 9.99. The summed E-state index contributed by atoms with van der Waals surface area (Å²) in [6, 6.07) is 0. The number of hydrogen-bond donors (Lipinski definition) is 0. The second-order valence-corrected chi connectivity index (χ2v) is 20.1. The fourth-order valence-corrected chi connectivity index (χ4v) is 8.26. The van der Waals surface area contributed by atoms with Gasteiger partial charge in [0.05, 0.1) is 0 Å². The molecule has 0 rings (SSSR count). The number of esters is 3. The molecule has 0 saturated heterocycles. The van der Waals surface area contributed by atoms with Crippen molar-refractivity contribution >= 4 is 17.9 Å². The second kappa shape index (κ2) is 46.4. The van der Waals surface area contributed by atoms with Gasteiger partial charge in [-0.2, -0.15) is 0 Å². The molecule has 0 aromatic carbocycles. The van der Waals surface area contributed by atoms with Crippen LogP contribution in [0.4, 0.5) is 0 Å². The molecule has 0 bridgehead atoms. The van der Waals surface area contributed by atoms with Crippen LogP contribution in [-0.2, 0) is 28.6 Å². The van der Waals surface area contributed by atoms with Crippen LogP contribution in [0.15, 0.2) is 0 Å². The van der Waals surface area contributed by atoms with Crippen molar-refractivity contribution in [2.24, 2.45) is 17.8 Å². The highest BCUT2D eigenvalue weighted by Gasteiger charge is 2.19. The van der Waals surface area contributed by atoms with Gasteiger partial charge in [-0.25, -0.2) is 0 Å². The average Bonchev–Trinajstić information content (AvgIpc) is 3.23. The molecule has 0 radical (unpaired) electrons. The van der Waals surface area contributed by atoms with E-state index in [1.54, 1.807) is 0 Å². The van der Waals surface area contributed by atoms with Crippen LogP contribution in [-0.4, -0.2) is 37.2 Å². The van der Waals surface area contributed by atoms with Crippen LogP contribution in [0.2, 0.25) is 0 Å². The van der Waals surface area contributed by atoms with Crippen molar-refractivity contribution in [1.82, 2.24) is 0 Å². The lowest BCUT2D eigenvalue weighted by molar-refractivity contribution is -0.167. The second-order valence-electron chi connectivity index (χ2n) is 20.1. The summed E-state index contributed by atoms with van der Waals surface area (Å²) < 4.78 is 16.8. The van der Waals surface area contributed by atoms with Gasteiger partial charge in [0.25, 0.3) is 0 Å². The Morgan fingerprint density at radius 2 is 0.574 bits per heavy atom. The zero-order valence-corrected chi connectivity index (χ0v) is 42.0. The monoisotopic (exact) mass is 863 g/mol. The predicted molar refractivity (Wildman–Crippen MR) is 261 cm³/mol. The molecule has 362 valence electrons. The van der Waals surface area contributed by atoms with Crippen molar-refractivity contribution in [3.63, 3.8) is 0 Å². The first kappa shape index (κ1) is 59.4. The molecule has 0 aromatic heterocycles. The van der Waals surface area contributed by atoms with Crippen molar-refractivity contribution in [2.75, 3.05) is 13.2 Å². The van der Waals surface area contributed by atoms with E-state index in [-0.39, 0.29) is 31.1 Å². The van der Waals surface area contributed by atoms with E-state index in [2.05, 4.69) is 41.5 Å². The quantitative estimate of drug-likeness (QED) is 0.0344. The van der Waals surface area contributed by atoms with Crippen LogP contribution in [0.25, 0.3) is 0 Å².